The summed E-state index contributed by atoms with van der Waals surface area (Å²) in [4.78, 5) is 23.4. The Hall–Kier alpha value is -1.75. The zero-order valence-electron chi connectivity index (χ0n) is 12.4. The number of carbonyl (C=O) groups is 2. The van der Waals surface area contributed by atoms with Crippen molar-refractivity contribution in [3.63, 3.8) is 0 Å². The summed E-state index contributed by atoms with van der Waals surface area (Å²) in [5, 5.41) is 3.49. The van der Waals surface area contributed by atoms with Gasteiger partial charge in [-0.05, 0) is 31.0 Å². The molecule has 0 radical (unpaired) electrons. The van der Waals surface area contributed by atoms with Crippen molar-refractivity contribution in [2.45, 2.75) is 38.1 Å². The molecule has 0 unspecified atom stereocenters. The van der Waals surface area contributed by atoms with Crippen LogP contribution in [0.2, 0.25) is 5.02 Å². The van der Waals surface area contributed by atoms with Gasteiger partial charge in [0, 0.05) is 11.1 Å². The topological polar surface area (TPSA) is 81.4 Å². The number of rotatable bonds is 6. The molecule has 0 heterocycles. The van der Waals surface area contributed by atoms with E-state index in [0.29, 0.717) is 10.8 Å². The highest BCUT2D eigenvalue weighted by Gasteiger charge is 2.30. The van der Waals surface area contributed by atoms with Gasteiger partial charge in [0.05, 0.1) is 18.9 Å². The zero-order valence-corrected chi connectivity index (χ0v) is 13.1. The van der Waals surface area contributed by atoms with Gasteiger partial charge in [0.25, 0.3) is 0 Å². The van der Waals surface area contributed by atoms with Crippen LogP contribution >= 0.6 is 11.6 Å². The SMILES string of the molecule is NC(=O)[C@@H]1CCCC[C@H]1NC(=O)CCOc1cccc(Cl)c1. The van der Waals surface area contributed by atoms with Crippen LogP contribution in [0.1, 0.15) is 32.1 Å². The smallest absolute Gasteiger partial charge is 0.223 e. The van der Waals surface area contributed by atoms with E-state index in [-0.39, 0.29) is 36.8 Å². The minimum atomic E-state index is -0.333. The molecule has 2 atom stereocenters. The van der Waals surface area contributed by atoms with Crippen molar-refractivity contribution in [1.29, 1.82) is 0 Å². The molecule has 5 nitrogen and oxygen atoms in total. The maximum absolute atomic E-state index is 12.0. The number of nitrogens with two attached hydrogens (primary N) is 1. The first-order chi connectivity index (χ1) is 10.6. The second-order valence-corrected chi connectivity index (χ2v) is 5.96. The summed E-state index contributed by atoms with van der Waals surface area (Å²) in [5.74, 6) is -0.0834. The van der Waals surface area contributed by atoms with Crippen LogP contribution in [0.5, 0.6) is 5.75 Å². The summed E-state index contributed by atoms with van der Waals surface area (Å²) in [7, 11) is 0. The van der Waals surface area contributed by atoms with Gasteiger partial charge < -0.3 is 15.8 Å². The molecule has 3 N–H and O–H groups in total. The summed E-state index contributed by atoms with van der Waals surface area (Å²) in [6.45, 7) is 0.264. The second-order valence-electron chi connectivity index (χ2n) is 5.52. The zero-order chi connectivity index (χ0) is 15.9. The van der Waals surface area contributed by atoms with Gasteiger partial charge in [0.1, 0.15) is 5.75 Å². The predicted molar refractivity (Wildman–Crippen MR) is 84.6 cm³/mol. The normalized spacial score (nSPS) is 21.1. The molecule has 1 aliphatic rings. The fourth-order valence-electron chi connectivity index (χ4n) is 2.74. The Morgan fingerprint density at radius 3 is 2.82 bits per heavy atom. The third-order valence-corrected chi connectivity index (χ3v) is 4.11. The molecular weight excluding hydrogens is 304 g/mol. The summed E-state index contributed by atoms with van der Waals surface area (Å²) in [6.07, 6.45) is 3.77. The number of halogens is 1. The Morgan fingerprint density at radius 2 is 2.09 bits per heavy atom. The standard InChI is InChI=1S/C16H21ClN2O3/c17-11-4-3-5-12(10-11)22-9-8-15(20)19-14-7-2-1-6-13(14)16(18)21/h3-5,10,13-14H,1-2,6-9H2,(H2,18,21)(H,19,20)/t13-,14-/m1/s1. The number of hydrogen-bond donors (Lipinski definition) is 2. The number of primary amides is 1. The average molecular weight is 325 g/mol. The number of carbonyl (C=O) groups excluding carboxylic acids is 2. The number of benzene rings is 1. The summed E-state index contributed by atoms with van der Waals surface area (Å²) in [5.41, 5.74) is 5.40. The largest absolute Gasteiger partial charge is 0.493 e. The van der Waals surface area contributed by atoms with Gasteiger partial charge in [-0.1, -0.05) is 30.5 Å². The molecule has 6 heteroatoms. The molecule has 1 aromatic rings. The van der Waals surface area contributed by atoms with E-state index in [1.807, 2.05) is 0 Å². The Bertz CT molecular complexity index is 536. The molecule has 120 valence electrons. The van der Waals surface area contributed by atoms with E-state index in [0.717, 1.165) is 25.7 Å². The van der Waals surface area contributed by atoms with E-state index >= 15 is 0 Å². The van der Waals surface area contributed by atoms with Crippen molar-refractivity contribution in [2.75, 3.05) is 6.61 Å². The Balaban J connectivity index is 1.76. The minimum absolute atomic E-state index is 0.125. The molecule has 0 aliphatic heterocycles. The van der Waals surface area contributed by atoms with Crippen LogP contribution in [0.25, 0.3) is 0 Å². The maximum atomic E-state index is 12.0. The number of ether oxygens (including phenoxy) is 1. The maximum Gasteiger partial charge on any atom is 0.223 e. The lowest BCUT2D eigenvalue weighted by atomic mass is 9.84. The van der Waals surface area contributed by atoms with Crippen molar-refractivity contribution < 1.29 is 14.3 Å². The summed E-state index contributed by atoms with van der Waals surface area (Å²) < 4.78 is 5.48. The molecule has 1 fully saturated rings. The lowest BCUT2D eigenvalue weighted by molar-refractivity contribution is -0.126. The number of hydrogen-bond acceptors (Lipinski definition) is 3. The quantitative estimate of drug-likeness (QED) is 0.842. The van der Waals surface area contributed by atoms with Crippen molar-refractivity contribution in [1.82, 2.24) is 5.32 Å². The van der Waals surface area contributed by atoms with Gasteiger partial charge in [0.15, 0.2) is 0 Å². The highest BCUT2D eigenvalue weighted by Crippen LogP contribution is 2.24. The first kappa shape index (κ1) is 16.6. The predicted octanol–water partition coefficient (Wildman–Crippen LogP) is 2.27. The lowest BCUT2D eigenvalue weighted by Gasteiger charge is -2.29. The van der Waals surface area contributed by atoms with Gasteiger partial charge in [-0.15, -0.1) is 0 Å². The molecule has 0 saturated heterocycles. The molecule has 22 heavy (non-hydrogen) atoms. The molecule has 0 aromatic heterocycles. The monoisotopic (exact) mass is 324 g/mol. The highest BCUT2D eigenvalue weighted by atomic mass is 35.5. The third-order valence-electron chi connectivity index (χ3n) is 3.87. The van der Waals surface area contributed by atoms with Crippen molar-refractivity contribution in [3.05, 3.63) is 29.3 Å². The van der Waals surface area contributed by atoms with Crippen LogP contribution in [0.15, 0.2) is 24.3 Å². The van der Waals surface area contributed by atoms with Gasteiger partial charge in [-0.2, -0.15) is 0 Å². The Morgan fingerprint density at radius 1 is 1.32 bits per heavy atom. The van der Waals surface area contributed by atoms with Gasteiger partial charge in [-0.25, -0.2) is 0 Å². The fraction of sp³-hybridized carbons (Fsp3) is 0.500. The van der Waals surface area contributed by atoms with E-state index in [4.69, 9.17) is 22.1 Å². The lowest BCUT2D eigenvalue weighted by Crippen LogP contribution is -2.47. The van der Waals surface area contributed by atoms with Gasteiger partial charge >= 0.3 is 0 Å². The van der Waals surface area contributed by atoms with Gasteiger partial charge in [-0.3, -0.25) is 9.59 Å². The Kier molecular flexibility index (Phi) is 6.07. The third kappa shape index (κ3) is 4.91. The van der Waals surface area contributed by atoms with Gasteiger partial charge in [0.2, 0.25) is 11.8 Å². The van der Waals surface area contributed by atoms with Crippen molar-refractivity contribution in [3.8, 4) is 5.75 Å². The van der Waals surface area contributed by atoms with Crippen molar-refractivity contribution in [2.24, 2.45) is 11.7 Å². The van der Waals surface area contributed by atoms with Crippen LogP contribution in [0.4, 0.5) is 0 Å². The van der Waals surface area contributed by atoms with Crippen LogP contribution in [0, 0.1) is 5.92 Å². The van der Waals surface area contributed by atoms with Crippen LogP contribution < -0.4 is 15.8 Å². The highest BCUT2D eigenvalue weighted by molar-refractivity contribution is 6.30. The molecule has 1 aliphatic carbocycles. The van der Waals surface area contributed by atoms with E-state index in [1.165, 1.54) is 0 Å². The van der Waals surface area contributed by atoms with Crippen LogP contribution in [0.3, 0.4) is 0 Å². The minimum Gasteiger partial charge on any atom is -0.493 e. The van der Waals surface area contributed by atoms with E-state index in [1.54, 1.807) is 24.3 Å². The van der Waals surface area contributed by atoms with E-state index in [9.17, 15) is 9.59 Å². The van der Waals surface area contributed by atoms with Crippen LogP contribution in [-0.4, -0.2) is 24.5 Å². The first-order valence-electron chi connectivity index (χ1n) is 7.53. The molecule has 0 spiro atoms. The Labute approximate surface area is 135 Å². The number of amides is 2. The molecule has 2 rings (SSSR count). The van der Waals surface area contributed by atoms with Crippen LogP contribution in [-0.2, 0) is 9.59 Å². The summed E-state index contributed by atoms with van der Waals surface area (Å²) >= 11 is 5.86. The molecule has 2 amide bonds. The van der Waals surface area contributed by atoms with E-state index < -0.39 is 0 Å². The molecule has 1 aromatic carbocycles. The van der Waals surface area contributed by atoms with Crippen molar-refractivity contribution >= 4 is 23.4 Å². The fourth-order valence-corrected chi connectivity index (χ4v) is 2.92. The number of nitrogens with one attached hydrogen (secondary N) is 1. The second kappa shape index (κ2) is 8.03. The van der Waals surface area contributed by atoms with E-state index in [2.05, 4.69) is 5.32 Å². The molecular formula is C16H21ClN2O3. The summed E-state index contributed by atoms with van der Waals surface area (Å²) in [6, 6.07) is 6.88. The average Bonchev–Trinajstić information content (AvgIpc) is 2.47. The first-order valence-corrected chi connectivity index (χ1v) is 7.91. The molecule has 1 saturated carbocycles. The molecule has 0 bridgehead atoms.